The van der Waals surface area contributed by atoms with Crippen LogP contribution in [0.1, 0.15) is 63.4 Å². The maximum atomic E-state index is 12.7. The summed E-state index contributed by atoms with van der Waals surface area (Å²) >= 11 is 0. The van der Waals surface area contributed by atoms with E-state index in [-0.39, 0.29) is 17.3 Å². The van der Waals surface area contributed by atoms with E-state index in [0.29, 0.717) is 6.42 Å². The van der Waals surface area contributed by atoms with Gasteiger partial charge >= 0.3 is 5.97 Å². The number of benzene rings is 1. The predicted molar refractivity (Wildman–Crippen MR) is 112 cm³/mol. The fourth-order valence-electron chi connectivity index (χ4n) is 3.60. The molecular weight excluding hydrogens is 350 g/mol. The monoisotopic (exact) mass is 379 g/mol. The minimum Gasteiger partial charge on any atom is -0.469 e. The van der Waals surface area contributed by atoms with Crippen LogP contribution in [0.2, 0.25) is 0 Å². The van der Waals surface area contributed by atoms with Crippen molar-refractivity contribution in [1.82, 2.24) is 14.6 Å². The molecule has 0 saturated carbocycles. The molecule has 1 atom stereocenters. The lowest BCUT2D eigenvalue weighted by molar-refractivity contribution is -0.142. The van der Waals surface area contributed by atoms with Crippen molar-refractivity contribution in [3.8, 4) is 11.3 Å². The van der Waals surface area contributed by atoms with Gasteiger partial charge in [-0.2, -0.15) is 5.10 Å². The lowest BCUT2D eigenvalue weighted by Gasteiger charge is -2.21. The molecule has 0 aliphatic heterocycles. The second kappa shape index (κ2) is 7.74. The molecule has 0 saturated heterocycles. The van der Waals surface area contributed by atoms with Crippen molar-refractivity contribution < 1.29 is 9.53 Å². The zero-order chi connectivity index (χ0) is 20.5. The van der Waals surface area contributed by atoms with Gasteiger partial charge in [-0.15, -0.1) is 0 Å². The highest BCUT2D eigenvalue weighted by Gasteiger charge is 2.29. The largest absolute Gasteiger partial charge is 0.469 e. The first-order valence-electron chi connectivity index (χ1n) is 9.82. The standard InChI is InChI=1S/C23H29N3O2/c1-7-11-17(22(27)28-6)20-15(2)24-19-14-18(23(3,4)5)25-26(19)21(20)16-12-9-8-10-13-16/h8-10,12-14,17H,7,11H2,1-6H3. The van der Waals surface area contributed by atoms with Crippen LogP contribution in [0.15, 0.2) is 36.4 Å². The average molecular weight is 380 g/mol. The molecule has 0 aliphatic carbocycles. The third-order valence-corrected chi connectivity index (χ3v) is 5.06. The molecule has 0 N–H and O–H groups in total. The van der Waals surface area contributed by atoms with Crippen molar-refractivity contribution >= 4 is 11.6 Å². The molecule has 5 heteroatoms. The zero-order valence-corrected chi connectivity index (χ0v) is 17.6. The van der Waals surface area contributed by atoms with E-state index >= 15 is 0 Å². The molecule has 3 aromatic rings. The van der Waals surface area contributed by atoms with Crippen LogP contribution in [0.25, 0.3) is 16.9 Å². The quantitative estimate of drug-likeness (QED) is 0.582. The maximum absolute atomic E-state index is 12.7. The van der Waals surface area contributed by atoms with Crippen LogP contribution in [-0.2, 0) is 14.9 Å². The lowest BCUT2D eigenvalue weighted by atomic mass is 9.89. The van der Waals surface area contributed by atoms with Crippen molar-refractivity contribution in [2.45, 2.75) is 58.8 Å². The highest BCUT2D eigenvalue weighted by Crippen LogP contribution is 2.36. The smallest absolute Gasteiger partial charge is 0.313 e. The third-order valence-electron chi connectivity index (χ3n) is 5.06. The van der Waals surface area contributed by atoms with Crippen LogP contribution >= 0.6 is 0 Å². The molecule has 0 spiro atoms. The maximum Gasteiger partial charge on any atom is 0.313 e. The van der Waals surface area contributed by atoms with Gasteiger partial charge in [-0.25, -0.2) is 9.50 Å². The molecule has 1 aromatic carbocycles. The molecule has 5 nitrogen and oxygen atoms in total. The van der Waals surface area contributed by atoms with Crippen LogP contribution in [0, 0.1) is 6.92 Å². The molecule has 0 radical (unpaired) electrons. The number of fused-ring (bicyclic) bond motifs is 1. The molecule has 2 aromatic heterocycles. The van der Waals surface area contributed by atoms with Gasteiger partial charge < -0.3 is 4.74 Å². The Morgan fingerprint density at radius 1 is 1.21 bits per heavy atom. The molecule has 0 bridgehead atoms. The van der Waals surface area contributed by atoms with Crippen molar-refractivity contribution in [2.75, 3.05) is 7.11 Å². The number of aromatic nitrogens is 3. The van der Waals surface area contributed by atoms with E-state index < -0.39 is 0 Å². The van der Waals surface area contributed by atoms with Crippen molar-refractivity contribution in [3.63, 3.8) is 0 Å². The van der Waals surface area contributed by atoms with Gasteiger partial charge in [0.2, 0.25) is 0 Å². The van der Waals surface area contributed by atoms with E-state index in [1.165, 1.54) is 7.11 Å². The van der Waals surface area contributed by atoms with Crippen molar-refractivity contribution in [1.29, 1.82) is 0 Å². The van der Waals surface area contributed by atoms with Crippen LogP contribution < -0.4 is 0 Å². The van der Waals surface area contributed by atoms with Gasteiger partial charge in [-0.05, 0) is 13.3 Å². The first-order valence-corrected chi connectivity index (χ1v) is 9.82. The Morgan fingerprint density at radius 3 is 2.46 bits per heavy atom. The molecule has 0 fully saturated rings. The van der Waals surface area contributed by atoms with Crippen LogP contribution in [0.3, 0.4) is 0 Å². The molecule has 3 rings (SSSR count). The summed E-state index contributed by atoms with van der Waals surface area (Å²) < 4.78 is 7.03. The van der Waals surface area contributed by atoms with Gasteiger partial charge in [0.05, 0.1) is 24.4 Å². The van der Waals surface area contributed by atoms with Gasteiger partial charge in [-0.1, -0.05) is 64.4 Å². The molecule has 148 valence electrons. The van der Waals surface area contributed by atoms with Crippen molar-refractivity contribution in [3.05, 3.63) is 53.3 Å². The van der Waals surface area contributed by atoms with E-state index in [1.54, 1.807) is 0 Å². The lowest BCUT2D eigenvalue weighted by Crippen LogP contribution is -2.19. The SMILES string of the molecule is CCCC(C(=O)OC)c1c(C)nc2cc(C(C)(C)C)nn2c1-c1ccccc1. The highest BCUT2D eigenvalue weighted by atomic mass is 16.5. The number of ether oxygens (including phenoxy) is 1. The fraction of sp³-hybridized carbons (Fsp3) is 0.435. The van der Waals surface area contributed by atoms with E-state index in [0.717, 1.165) is 40.3 Å². The van der Waals surface area contributed by atoms with Gasteiger partial charge in [0.15, 0.2) is 5.65 Å². The normalized spacial score (nSPS) is 12.9. The second-order valence-corrected chi connectivity index (χ2v) is 8.24. The summed E-state index contributed by atoms with van der Waals surface area (Å²) in [6.07, 6.45) is 1.58. The molecule has 0 aliphatic rings. The number of methoxy groups -OCH3 is 1. The Morgan fingerprint density at radius 2 is 1.89 bits per heavy atom. The molecular formula is C23H29N3O2. The van der Waals surface area contributed by atoms with Gasteiger partial charge in [0.1, 0.15) is 0 Å². The number of esters is 1. The molecule has 2 heterocycles. The number of aryl methyl sites for hydroxylation is 1. The zero-order valence-electron chi connectivity index (χ0n) is 17.6. The van der Waals surface area contributed by atoms with Gasteiger partial charge in [-0.3, -0.25) is 4.79 Å². The number of carbonyl (C=O) groups is 1. The van der Waals surface area contributed by atoms with Crippen LogP contribution in [-0.4, -0.2) is 27.7 Å². The number of nitrogens with zero attached hydrogens (tertiary/aromatic N) is 3. The molecule has 28 heavy (non-hydrogen) atoms. The van der Waals surface area contributed by atoms with E-state index in [4.69, 9.17) is 14.8 Å². The fourth-order valence-corrected chi connectivity index (χ4v) is 3.60. The first-order chi connectivity index (χ1) is 13.3. The Bertz CT molecular complexity index is 984. The highest BCUT2D eigenvalue weighted by molar-refractivity contribution is 5.82. The summed E-state index contributed by atoms with van der Waals surface area (Å²) in [4.78, 5) is 17.5. The Kier molecular flexibility index (Phi) is 5.54. The van der Waals surface area contributed by atoms with Crippen LogP contribution in [0.5, 0.6) is 0 Å². The Balaban J connectivity index is 2.39. The summed E-state index contributed by atoms with van der Waals surface area (Å²) in [6, 6.07) is 12.1. The van der Waals surface area contributed by atoms with Crippen LogP contribution in [0.4, 0.5) is 0 Å². The first kappa shape index (κ1) is 20.1. The third kappa shape index (κ3) is 3.66. The number of rotatable bonds is 5. The van der Waals surface area contributed by atoms with E-state index in [1.807, 2.05) is 35.7 Å². The predicted octanol–water partition coefficient (Wildman–Crippen LogP) is 5.06. The number of hydrogen-bond acceptors (Lipinski definition) is 4. The summed E-state index contributed by atoms with van der Waals surface area (Å²) in [6.45, 7) is 10.5. The van der Waals surface area contributed by atoms with Gasteiger partial charge in [0, 0.05) is 28.3 Å². The topological polar surface area (TPSA) is 56.5 Å². The summed E-state index contributed by atoms with van der Waals surface area (Å²) in [5.74, 6) is -0.601. The van der Waals surface area contributed by atoms with Gasteiger partial charge in [0.25, 0.3) is 0 Å². The summed E-state index contributed by atoms with van der Waals surface area (Å²) in [7, 11) is 1.44. The number of hydrogen-bond donors (Lipinski definition) is 0. The van der Waals surface area contributed by atoms with Crippen molar-refractivity contribution in [2.24, 2.45) is 0 Å². The van der Waals surface area contributed by atoms with E-state index in [2.05, 4.69) is 39.8 Å². The number of carbonyl (C=O) groups excluding carboxylic acids is 1. The second-order valence-electron chi connectivity index (χ2n) is 8.24. The minimum absolute atomic E-state index is 0.0963. The summed E-state index contributed by atoms with van der Waals surface area (Å²) in [5.41, 5.74) is 5.35. The Labute approximate surface area is 166 Å². The average Bonchev–Trinajstić information content (AvgIpc) is 3.09. The summed E-state index contributed by atoms with van der Waals surface area (Å²) in [5, 5.41) is 4.89. The molecule has 1 unspecified atom stereocenters. The Hall–Kier alpha value is -2.69. The molecule has 0 amide bonds. The van der Waals surface area contributed by atoms with E-state index in [9.17, 15) is 4.79 Å². The minimum atomic E-state index is -0.371.